The van der Waals surface area contributed by atoms with E-state index in [1.54, 1.807) is 0 Å². The topological polar surface area (TPSA) is 0 Å². The van der Waals surface area contributed by atoms with Gasteiger partial charge < -0.3 is 0 Å². The molecular formula is C24H15. The molecule has 111 valence electrons. The number of rotatable bonds is 1. The van der Waals surface area contributed by atoms with Crippen LogP contribution >= 0.6 is 0 Å². The first kappa shape index (κ1) is 13.3. The van der Waals surface area contributed by atoms with Crippen LogP contribution in [0.15, 0.2) is 91.0 Å². The van der Waals surface area contributed by atoms with E-state index < -0.39 is 0 Å². The van der Waals surface area contributed by atoms with Gasteiger partial charge >= 0.3 is 0 Å². The van der Waals surface area contributed by atoms with Gasteiger partial charge in [-0.1, -0.05) is 78.9 Å². The molecule has 5 rings (SSSR count). The van der Waals surface area contributed by atoms with E-state index in [1.165, 1.54) is 43.4 Å². The molecule has 0 N–H and O–H groups in total. The number of benzene rings is 5. The highest BCUT2D eigenvalue weighted by Crippen LogP contribution is 2.36. The third-order valence-electron chi connectivity index (χ3n) is 4.78. The van der Waals surface area contributed by atoms with E-state index in [2.05, 4.69) is 78.9 Å². The maximum atomic E-state index is 3.17. The van der Waals surface area contributed by atoms with Crippen LogP contribution in [0.5, 0.6) is 0 Å². The van der Waals surface area contributed by atoms with Crippen LogP contribution < -0.4 is 0 Å². The second kappa shape index (κ2) is 5.21. The van der Waals surface area contributed by atoms with Gasteiger partial charge in [0.25, 0.3) is 0 Å². The number of hydrogen-bond acceptors (Lipinski definition) is 0. The SMILES string of the molecule is [c]1cccc(-c2ccc3c4ccccc4c4ccccc4c3c2)c1. The van der Waals surface area contributed by atoms with Gasteiger partial charge in [-0.2, -0.15) is 0 Å². The van der Waals surface area contributed by atoms with E-state index in [4.69, 9.17) is 0 Å². The van der Waals surface area contributed by atoms with Crippen molar-refractivity contribution < 1.29 is 0 Å². The van der Waals surface area contributed by atoms with Crippen LogP contribution in [-0.2, 0) is 0 Å². The molecule has 1 radical (unpaired) electrons. The Balaban J connectivity index is 1.96. The van der Waals surface area contributed by atoms with E-state index in [0.29, 0.717) is 0 Å². The third-order valence-corrected chi connectivity index (χ3v) is 4.78. The molecule has 0 heteroatoms. The van der Waals surface area contributed by atoms with E-state index in [0.717, 1.165) is 0 Å². The van der Waals surface area contributed by atoms with Gasteiger partial charge in [0.05, 0.1) is 0 Å². The molecule has 0 bridgehead atoms. The number of hydrogen-bond donors (Lipinski definition) is 0. The Kier molecular flexibility index (Phi) is 2.89. The minimum atomic E-state index is 1.21. The van der Waals surface area contributed by atoms with Crippen molar-refractivity contribution in [1.82, 2.24) is 0 Å². The summed E-state index contributed by atoms with van der Waals surface area (Å²) in [6.07, 6.45) is 0. The molecule has 0 fully saturated rings. The van der Waals surface area contributed by atoms with Gasteiger partial charge in [0, 0.05) is 0 Å². The van der Waals surface area contributed by atoms with Crippen LogP contribution in [0.3, 0.4) is 0 Å². The fourth-order valence-corrected chi connectivity index (χ4v) is 3.66. The average molecular weight is 303 g/mol. The quantitative estimate of drug-likeness (QED) is 0.305. The zero-order valence-corrected chi connectivity index (χ0v) is 13.2. The van der Waals surface area contributed by atoms with E-state index in [9.17, 15) is 0 Å². The van der Waals surface area contributed by atoms with Crippen LogP contribution in [0.25, 0.3) is 43.4 Å². The Hall–Kier alpha value is -3.12. The monoisotopic (exact) mass is 303 g/mol. The van der Waals surface area contributed by atoms with E-state index >= 15 is 0 Å². The van der Waals surface area contributed by atoms with Gasteiger partial charge in [-0.15, -0.1) is 0 Å². The van der Waals surface area contributed by atoms with Gasteiger partial charge in [-0.3, -0.25) is 0 Å². The van der Waals surface area contributed by atoms with Crippen LogP contribution in [0.4, 0.5) is 0 Å². The molecular weight excluding hydrogens is 288 g/mol. The van der Waals surface area contributed by atoms with Crippen molar-refractivity contribution in [1.29, 1.82) is 0 Å². The van der Waals surface area contributed by atoms with Crippen molar-refractivity contribution in [2.75, 3.05) is 0 Å². The highest BCUT2D eigenvalue weighted by Gasteiger charge is 2.09. The van der Waals surface area contributed by atoms with Crippen LogP contribution in [-0.4, -0.2) is 0 Å². The third kappa shape index (κ3) is 1.93. The molecule has 0 aliphatic heterocycles. The molecule has 0 aromatic heterocycles. The van der Waals surface area contributed by atoms with Crippen LogP contribution in [0.1, 0.15) is 0 Å². The highest BCUT2D eigenvalue weighted by molar-refractivity contribution is 6.25. The fraction of sp³-hybridized carbons (Fsp3) is 0. The molecule has 0 spiro atoms. The first-order valence-corrected chi connectivity index (χ1v) is 8.21. The summed E-state index contributed by atoms with van der Waals surface area (Å²) in [6.45, 7) is 0. The molecule has 0 atom stereocenters. The molecule has 0 nitrogen and oxygen atoms in total. The van der Waals surface area contributed by atoms with Gasteiger partial charge in [0.15, 0.2) is 0 Å². The molecule has 0 saturated carbocycles. The molecule has 5 aromatic carbocycles. The summed E-state index contributed by atoms with van der Waals surface area (Å²) in [5.74, 6) is 0. The maximum absolute atomic E-state index is 3.17. The summed E-state index contributed by atoms with van der Waals surface area (Å²) in [5.41, 5.74) is 2.44. The Morgan fingerprint density at radius 3 is 1.62 bits per heavy atom. The minimum Gasteiger partial charge on any atom is -0.0616 e. The lowest BCUT2D eigenvalue weighted by Gasteiger charge is -2.11. The minimum absolute atomic E-state index is 1.21. The van der Waals surface area contributed by atoms with Crippen LogP contribution in [0.2, 0.25) is 0 Å². The molecule has 0 unspecified atom stereocenters. The summed E-state index contributed by atoms with van der Waals surface area (Å²) >= 11 is 0. The molecule has 5 aromatic rings. The molecule has 0 aliphatic rings. The van der Waals surface area contributed by atoms with E-state index in [-0.39, 0.29) is 0 Å². The predicted molar refractivity (Wildman–Crippen MR) is 103 cm³/mol. The zero-order valence-electron chi connectivity index (χ0n) is 13.2. The van der Waals surface area contributed by atoms with Gasteiger partial charge in [-0.05, 0) is 61.6 Å². The highest BCUT2D eigenvalue weighted by atomic mass is 14.1. The standard InChI is InChI=1S/C24H15/c1-2-8-17(9-3-1)18-14-15-23-21-12-5-4-10-19(21)20-11-6-7-13-22(20)24(23)16-18/h1-2,4-16H. The lowest BCUT2D eigenvalue weighted by molar-refractivity contribution is 1.64. The summed E-state index contributed by atoms with van der Waals surface area (Å²) < 4.78 is 0. The lowest BCUT2D eigenvalue weighted by atomic mass is 9.92. The second-order valence-corrected chi connectivity index (χ2v) is 6.14. The molecule has 0 heterocycles. The van der Waals surface area contributed by atoms with Crippen molar-refractivity contribution in [2.45, 2.75) is 0 Å². The maximum Gasteiger partial charge on any atom is -0.00928 e. The second-order valence-electron chi connectivity index (χ2n) is 6.14. The summed E-state index contributed by atoms with van der Waals surface area (Å²) in [7, 11) is 0. The first-order valence-electron chi connectivity index (χ1n) is 8.21. The Morgan fingerprint density at radius 1 is 0.458 bits per heavy atom. The Labute approximate surface area is 141 Å². The van der Waals surface area contributed by atoms with Gasteiger partial charge in [0.2, 0.25) is 0 Å². The lowest BCUT2D eigenvalue weighted by Crippen LogP contribution is -1.84. The molecule has 0 amide bonds. The Bertz CT molecular complexity index is 1150. The van der Waals surface area contributed by atoms with Crippen molar-refractivity contribution >= 4 is 32.3 Å². The van der Waals surface area contributed by atoms with E-state index in [1.807, 2.05) is 18.2 Å². The number of fused-ring (bicyclic) bond motifs is 6. The summed E-state index contributed by atoms with van der Waals surface area (Å²) in [4.78, 5) is 0. The molecule has 0 saturated heterocycles. The Morgan fingerprint density at radius 2 is 1.04 bits per heavy atom. The largest absolute Gasteiger partial charge is 0.0616 e. The van der Waals surface area contributed by atoms with Gasteiger partial charge in [0.1, 0.15) is 0 Å². The first-order chi connectivity index (χ1) is 11.9. The fourth-order valence-electron chi connectivity index (χ4n) is 3.66. The zero-order chi connectivity index (χ0) is 15.9. The van der Waals surface area contributed by atoms with Crippen LogP contribution in [0, 0.1) is 6.07 Å². The average Bonchev–Trinajstić information content (AvgIpc) is 2.68. The summed E-state index contributed by atoms with van der Waals surface area (Å²) in [6, 6.07) is 35.5. The smallest absolute Gasteiger partial charge is 0.00928 e. The van der Waals surface area contributed by atoms with Crippen molar-refractivity contribution in [3.05, 3.63) is 97.1 Å². The predicted octanol–water partition coefficient (Wildman–Crippen LogP) is 6.61. The van der Waals surface area contributed by atoms with Crippen molar-refractivity contribution in [3.8, 4) is 11.1 Å². The molecule has 24 heavy (non-hydrogen) atoms. The van der Waals surface area contributed by atoms with Crippen molar-refractivity contribution in [3.63, 3.8) is 0 Å². The summed E-state index contributed by atoms with van der Waals surface area (Å²) in [5, 5.41) is 7.89. The van der Waals surface area contributed by atoms with Gasteiger partial charge in [-0.25, -0.2) is 0 Å². The molecule has 0 aliphatic carbocycles. The van der Waals surface area contributed by atoms with Crippen molar-refractivity contribution in [2.24, 2.45) is 0 Å². The normalized spacial score (nSPS) is 11.3.